The molecule has 4 nitrogen and oxygen atoms in total. The lowest BCUT2D eigenvalue weighted by atomic mass is 10.1. The van der Waals surface area contributed by atoms with Crippen LogP contribution in [0.25, 0.3) is 0 Å². The van der Waals surface area contributed by atoms with E-state index in [0.717, 1.165) is 25.7 Å². The Kier molecular flexibility index (Phi) is 17.6. The molecule has 0 saturated carbocycles. The predicted molar refractivity (Wildman–Crippen MR) is 110 cm³/mol. The van der Waals surface area contributed by atoms with Gasteiger partial charge in [-0.2, -0.15) is 0 Å². The van der Waals surface area contributed by atoms with Gasteiger partial charge in [0.2, 0.25) is 11.8 Å². The third kappa shape index (κ3) is 14.2. The van der Waals surface area contributed by atoms with Gasteiger partial charge in [-0.05, 0) is 19.1 Å². The average Bonchev–Trinajstić information content (AvgIpc) is 2.60. The Morgan fingerprint density at radius 3 is 1.40 bits per heavy atom. The van der Waals surface area contributed by atoms with Crippen molar-refractivity contribution in [2.24, 2.45) is 0 Å². The summed E-state index contributed by atoms with van der Waals surface area (Å²) in [4.78, 5) is 24.3. The fourth-order valence-corrected chi connectivity index (χ4v) is 3.35. The fraction of sp³-hybridized carbons (Fsp3) is 0.900. The molecule has 25 heavy (non-hydrogen) atoms. The summed E-state index contributed by atoms with van der Waals surface area (Å²) >= 11 is 1.31. The highest BCUT2D eigenvalue weighted by molar-refractivity contribution is 8.00. The van der Waals surface area contributed by atoms with Crippen LogP contribution in [0, 0.1) is 0 Å². The largest absolute Gasteiger partial charge is 0.355 e. The molecule has 0 heterocycles. The van der Waals surface area contributed by atoms with Crippen LogP contribution in [0.1, 0.15) is 90.9 Å². The summed E-state index contributed by atoms with van der Waals surface area (Å²) in [7, 11) is 0. The molecule has 0 aromatic carbocycles. The summed E-state index contributed by atoms with van der Waals surface area (Å²) < 4.78 is 0. The van der Waals surface area contributed by atoms with Crippen molar-refractivity contribution in [1.82, 2.24) is 10.6 Å². The molecule has 2 N–H and O–H groups in total. The van der Waals surface area contributed by atoms with E-state index in [9.17, 15) is 9.59 Å². The molecule has 0 unspecified atom stereocenters. The quantitative estimate of drug-likeness (QED) is 0.288. The van der Waals surface area contributed by atoms with Crippen LogP contribution in [0.15, 0.2) is 0 Å². The van der Waals surface area contributed by atoms with Crippen molar-refractivity contribution in [2.75, 3.05) is 19.3 Å². The number of hydrogen-bond acceptors (Lipinski definition) is 3. The number of rotatable bonds is 17. The lowest BCUT2D eigenvalue weighted by molar-refractivity contribution is -0.128. The molecular formula is C20H40N2O2S. The third-order valence-electron chi connectivity index (χ3n) is 4.37. The molecule has 0 aromatic heterocycles. The van der Waals surface area contributed by atoms with Crippen molar-refractivity contribution in [3.63, 3.8) is 0 Å². The van der Waals surface area contributed by atoms with E-state index in [4.69, 9.17) is 0 Å². The molecule has 0 aromatic rings. The summed E-state index contributed by atoms with van der Waals surface area (Å²) in [6, 6.07) is 0. The monoisotopic (exact) mass is 372 g/mol. The van der Waals surface area contributed by atoms with Crippen LogP contribution in [-0.4, -0.2) is 36.4 Å². The third-order valence-corrected chi connectivity index (χ3v) is 5.27. The number of carbonyl (C=O) groups excluding carboxylic acids is 2. The van der Waals surface area contributed by atoms with Gasteiger partial charge < -0.3 is 10.6 Å². The number of unbranched alkanes of at least 4 members (excludes halogenated alkanes) is 10. The topological polar surface area (TPSA) is 58.2 Å². The minimum absolute atomic E-state index is 0.151. The molecule has 2 amide bonds. The van der Waals surface area contributed by atoms with Crippen LogP contribution in [0.2, 0.25) is 0 Å². The summed E-state index contributed by atoms with van der Waals surface area (Å²) in [5, 5.41) is 5.19. The maximum Gasteiger partial charge on any atom is 0.242 e. The lowest BCUT2D eigenvalue weighted by Crippen LogP contribution is -2.44. The number of carbonyl (C=O) groups is 2. The Morgan fingerprint density at radius 2 is 1.04 bits per heavy atom. The van der Waals surface area contributed by atoms with Crippen molar-refractivity contribution in [3.05, 3.63) is 0 Å². The van der Waals surface area contributed by atoms with E-state index in [2.05, 4.69) is 24.5 Å². The SMILES string of the molecule is CCCCCCCCNC(=O)C(SC)C(=O)NCCCCCCCC. The van der Waals surface area contributed by atoms with E-state index >= 15 is 0 Å². The van der Waals surface area contributed by atoms with Crippen LogP contribution < -0.4 is 10.6 Å². The van der Waals surface area contributed by atoms with Gasteiger partial charge in [0, 0.05) is 13.1 Å². The van der Waals surface area contributed by atoms with Gasteiger partial charge >= 0.3 is 0 Å². The van der Waals surface area contributed by atoms with E-state index in [1.165, 1.54) is 63.1 Å². The van der Waals surface area contributed by atoms with E-state index in [-0.39, 0.29) is 11.8 Å². The molecule has 0 aliphatic rings. The second kappa shape index (κ2) is 18.1. The van der Waals surface area contributed by atoms with Crippen molar-refractivity contribution >= 4 is 23.6 Å². The van der Waals surface area contributed by atoms with Gasteiger partial charge in [0.25, 0.3) is 0 Å². The van der Waals surface area contributed by atoms with Crippen molar-refractivity contribution in [3.8, 4) is 0 Å². The number of amides is 2. The molecule has 0 aliphatic carbocycles. The highest BCUT2D eigenvalue weighted by atomic mass is 32.2. The first-order chi connectivity index (χ1) is 12.2. The van der Waals surface area contributed by atoms with Crippen molar-refractivity contribution < 1.29 is 9.59 Å². The Bertz CT molecular complexity index is 308. The summed E-state index contributed by atoms with van der Waals surface area (Å²) in [5.41, 5.74) is 0. The number of thioether (sulfide) groups is 1. The zero-order valence-corrected chi connectivity index (χ0v) is 17.5. The molecule has 148 valence electrons. The molecular weight excluding hydrogens is 332 g/mol. The first-order valence-corrected chi connectivity index (χ1v) is 11.5. The van der Waals surface area contributed by atoms with E-state index < -0.39 is 5.25 Å². The zero-order chi connectivity index (χ0) is 18.8. The maximum absolute atomic E-state index is 12.2. The zero-order valence-electron chi connectivity index (χ0n) is 16.7. The molecule has 0 bridgehead atoms. The van der Waals surface area contributed by atoms with E-state index in [1.54, 1.807) is 0 Å². The van der Waals surface area contributed by atoms with Gasteiger partial charge in [0.1, 0.15) is 0 Å². The Morgan fingerprint density at radius 1 is 0.680 bits per heavy atom. The van der Waals surface area contributed by atoms with Crippen molar-refractivity contribution in [1.29, 1.82) is 0 Å². The Labute approximate surface area is 159 Å². The van der Waals surface area contributed by atoms with E-state index in [0.29, 0.717) is 13.1 Å². The Hall–Kier alpha value is -0.710. The fourth-order valence-electron chi connectivity index (χ4n) is 2.75. The van der Waals surface area contributed by atoms with Gasteiger partial charge in [-0.1, -0.05) is 78.1 Å². The average molecular weight is 373 g/mol. The number of nitrogens with one attached hydrogen (secondary N) is 2. The highest BCUT2D eigenvalue weighted by Gasteiger charge is 2.24. The van der Waals surface area contributed by atoms with Gasteiger partial charge in [0.05, 0.1) is 0 Å². The summed E-state index contributed by atoms with van der Waals surface area (Å²) in [6.45, 7) is 5.76. The lowest BCUT2D eigenvalue weighted by Gasteiger charge is -2.14. The molecule has 0 atom stereocenters. The second-order valence-electron chi connectivity index (χ2n) is 6.73. The minimum Gasteiger partial charge on any atom is -0.355 e. The smallest absolute Gasteiger partial charge is 0.242 e. The normalized spacial score (nSPS) is 10.9. The molecule has 0 radical (unpaired) electrons. The summed E-state index contributed by atoms with van der Waals surface area (Å²) in [5.74, 6) is -0.303. The van der Waals surface area contributed by atoms with Gasteiger partial charge in [-0.25, -0.2) is 0 Å². The van der Waals surface area contributed by atoms with Crippen LogP contribution in [-0.2, 0) is 9.59 Å². The highest BCUT2D eigenvalue weighted by Crippen LogP contribution is 2.09. The molecule has 0 aliphatic heterocycles. The first-order valence-electron chi connectivity index (χ1n) is 10.3. The maximum atomic E-state index is 12.2. The Balaban J connectivity index is 3.77. The van der Waals surface area contributed by atoms with Gasteiger partial charge in [0.15, 0.2) is 5.25 Å². The molecule has 5 heteroatoms. The van der Waals surface area contributed by atoms with Crippen molar-refractivity contribution in [2.45, 2.75) is 96.1 Å². The van der Waals surface area contributed by atoms with Crippen LogP contribution in [0.5, 0.6) is 0 Å². The molecule has 0 rings (SSSR count). The number of hydrogen-bond donors (Lipinski definition) is 2. The van der Waals surface area contributed by atoms with Gasteiger partial charge in [-0.15, -0.1) is 11.8 Å². The van der Waals surface area contributed by atoms with Gasteiger partial charge in [-0.3, -0.25) is 9.59 Å². The first kappa shape index (κ1) is 24.3. The molecule has 0 fully saturated rings. The van der Waals surface area contributed by atoms with Crippen LogP contribution >= 0.6 is 11.8 Å². The van der Waals surface area contributed by atoms with E-state index in [1.807, 2.05) is 6.26 Å². The second-order valence-corrected chi connectivity index (χ2v) is 7.68. The molecule has 0 saturated heterocycles. The van der Waals surface area contributed by atoms with Crippen LogP contribution in [0.4, 0.5) is 0 Å². The minimum atomic E-state index is -0.625. The summed E-state index contributed by atoms with van der Waals surface area (Å²) in [6.07, 6.45) is 16.2. The standard InChI is InChI=1S/C20H40N2O2S/c1-4-6-8-10-12-14-16-21-19(23)18(25-3)20(24)22-17-15-13-11-9-7-5-2/h18H,4-17H2,1-3H3,(H,21,23)(H,22,24). The molecule has 0 spiro atoms. The predicted octanol–water partition coefficient (Wildman–Crippen LogP) is 4.67. The van der Waals surface area contributed by atoms with Crippen LogP contribution in [0.3, 0.4) is 0 Å².